The number of hydrogen-bond donors (Lipinski definition) is 1. The molecule has 0 bridgehead atoms. The summed E-state index contributed by atoms with van der Waals surface area (Å²) in [5, 5.41) is 0.890. The van der Waals surface area contributed by atoms with E-state index in [0.717, 1.165) is 23.4 Å². The Morgan fingerprint density at radius 2 is 1.72 bits per heavy atom. The third kappa shape index (κ3) is 2.99. The molecule has 0 aliphatic heterocycles. The van der Waals surface area contributed by atoms with E-state index in [-0.39, 0.29) is 0 Å². The summed E-state index contributed by atoms with van der Waals surface area (Å²) < 4.78 is 0. The molecule has 6 heteroatoms. The van der Waals surface area contributed by atoms with Crippen molar-refractivity contribution in [3.8, 4) is 22.8 Å². The summed E-state index contributed by atoms with van der Waals surface area (Å²) >= 11 is 12.1. The number of hydrogen-bond acceptors (Lipinski definition) is 3. The summed E-state index contributed by atoms with van der Waals surface area (Å²) in [6.07, 6.45) is 3.74. The average molecular weight is 368 g/mol. The molecule has 0 saturated heterocycles. The van der Waals surface area contributed by atoms with E-state index in [2.05, 4.69) is 33.1 Å². The second kappa shape index (κ2) is 6.47. The van der Waals surface area contributed by atoms with Crippen molar-refractivity contribution in [2.75, 3.05) is 0 Å². The maximum atomic E-state index is 6.08. The van der Waals surface area contributed by atoms with Crippen molar-refractivity contribution in [1.82, 2.24) is 19.9 Å². The minimum absolute atomic E-state index is 0.444. The summed E-state index contributed by atoms with van der Waals surface area (Å²) in [6, 6.07) is 13.5. The lowest BCUT2D eigenvalue weighted by atomic mass is 10.1. The maximum absolute atomic E-state index is 6.08. The lowest BCUT2D eigenvalue weighted by Gasteiger charge is -2.02. The molecule has 2 aromatic carbocycles. The Bertz CT molecular complexity index is 1060. The number of halogens is 2. The molecule has 123 valence electrons. The molecular weight excluding hydrogens is 355 g/mol. The molecule has 25 heavy (non-hydrogen) atoms. The number of fused-ring (bicyclic) bond motifs is 1. The third-order valence-electron chi connectivity index (χ3n) is 3.93. The van der Waals surface area contributed by atoms with Gasteiger partial charge in [0.2, 0.25) is 0 Å². The summed E-state index contributed by atoms with van der Waals surface area (Å²) in [5.41, 5.74) is 4.89. The zero-order chi connectivity index (χ0) is 17.4. The zero-order valence-electron chi connectivity index (χ0n) is 13.3. The van der Waals surface area contributed by atoms with Crippen LogP contribution in [0.15, 0.2) is 42.5 Å². The number of rotatable bonds is 3. The van der Waals surface area contributed by atoms with Crippen molar-refractivity contribution in [2.45, 2.75) is 13.3 Å². The second-order valence-electron chi connectivity index (χ2n) is 5.57. The first kappa shape index (κ1) is 16.1. The van der Waals surface area contributed by atoms with Gasteiger partial charge in [0.05, 0.1) is 32.5 Å². The summed E-state index contributed by atoms with van der Waals surface area (Å²) in [6.45, 7) is 2.07. The van der Waals surface area contributed by atoms with Crippen LogP contribution in [0.2, 0.25) is 10.0 Å². The Kier molecular flexibility index (Phi) is 4.15. The highest BCUT2D eigenvalue weighted by atomic mass is 35.5. The van der Waals surface area contributed by atoms with Crippen LogP contribution in [-0.2, 0) is 6.42 Å². The maximum Gasteiger partial charge on any atom is 0.159 e. The molecular formula is C19H13Cl2N4. The Balaban J connectivity index is 1.83. The van der Waals surface area contributed by atoms with Crippen molar-refractivity contribution in [1.29, 1.82) is 0 Å². The second-order valence-corrected chi connectivity index (χ2v) is 6.38. The summed E-state index contributed by atoms with van der Waals surface area (Å²) in [5.74, 6) is 0.635. The Morgan fingerprint density at radius 1 is 1.00 bits per heavy atom. The highest BCUT2D eigenvalue weighted by molar-refractivity contribution is 6.42. The molecule has 1 radical (unpaired) electrons. The average Bonchev–Trinajstić information content (AvgIpc) is 3.07. The van der Waals surface area contributed by atoms with Crippen LogP contribution in [0.25, 0.3) is 33.8 Å². The van der Waals surface area contributed by atoms with Gasteiger partial charge in [-0.05, 0) is 24.1 Å². The number of benzene rings is 2. The van der Waals surface area contributed by atoms with Crippen LogP contribution in [0.3, 0.4) is 0 Å². The lowest BCUT2D eigenvalue weighted by Crippen LogP contribution is -1.91. The Hall–Kier alpha value is -2.43. The van der Waals surface area contributed by atoms with Crippen molar-refractivity contribution in [2.24, 2.45) is 0 Å². The number of nitrogens with one attached hydrogen (secondary N) is 1. The molecule has 4 aromatic rings. The number of nitrogens with zero attached hydrogens (tertiary/aromatic N) is 3. The van der Waals surface area contributed by atoms with Crippen LogP contribution in [0, 0.1) is 6.20 Å². The van der Waals surface area contributed by atoms with Crippen molar-refractivity contribution in [3.63, 3.8) is 0 Å². The van der Waals surface area contributed by atoms with Gasteiger partial charge in [0.1, 0.15) is 11.9 Å². The van der Waals surface area contributed by atoms with Crippen molar-refractivity contribution in [3.05, 3.63) is 64.4 Å². The van der Waals surface area contributed by atoms with Crippen LogP contribution >= 0.6 is 23.2 Å². The SMILES string of the molecule is CCc1nc(-c2[c]nc3cc(Cl)c(Cl)cc3n2)[nH]c1-c1ccccc1. The molecule has 2 aromatic heterocycles. The zero-order valence-corrected chi connectivity index (χ0v) is 14.9. The van der Waals surface area contributed by atoms with Gasteiger partial charge in [0.25, 0.3) is 0 Å². The molecule has 1 N–H and O–H groups in total. The number of H-pyrrole nitrogens is 1. The van der Waals surface area contributed by atoms with Gasteiger partial charge in [-0.15, -0.1) is 0 Å². The highest BCUT2D eigenvalue weighted by Crippen LogP contribution is 2.28. The number of aromatic nitrogens is 4. The van der Waals surface area contributed by atoms with Gasteiger partial charge < -0.3 is 4.98 Å². The van der Waals surface area contributed by atoms with Crippen molar-refractivity contribution >= 4 is 34.2 Å². The van der Waals surface area contributed by atoms with Crippen LogP contribution < -0.4 is 0 Å². The predicted octanol–water partition coefficient (Wildman–Crippen LogP) is 5.36. The molecule has 2 heterocycles. The van der Waals surface area contributed by atoms with Gasteiger partial charge in [0.15, 0.2) is 5.82 Å². The topological polar surface area (TPSA) is 54.5 Å². The number of imidazole rings is 1. The van der Waals surface area contributed by atoms with Gasteiger partial charge in [-0.25, -0.2) is 15.0 Å². The van der Waals surface area contributed by atoms with E-state index in [1.54, 1.807) is 12.1 Å². The molecule has 0 saturated carbocycles. The van der Waals surface area contributed by atoms with Gasteiger partial charge in [-0.2, -0.15) is 0 Å². The van der Waals surface area contributed by atoms with Crippen LogP contribution in [0.5, 0.6) is 0 Å². The van der Waals surface area contributed by atoms with E-state index in [1.807, 2.05) is 30.3 Å². The fraction of sp³-hybridized carbons (Fsp3) is 0.105. The normalized spacial score (nSPS) is 11.2. The fourth-order valence-corrected chi connectivity index (χ4v) is 3.01. The van der Waals surface area contributed by atoms with Gasteiger partial charge >= 0.3 is 0 Å². The molecule has 0 spiro atoms. The van der Waals surface area contributed by atoms with Gasteiger partial charge in [0, 0.05) is 0 Å². The molecule has 0 amide bonds. The minimum Gasteiger partial charge on any atom is -0.336 e. The highest BCUT2D eigenvalue weighted by Gasteiger charge is 2.14. The quantitative estimate of drug-likeness (QED) is 0.530. The minimum atomic E-state index is 0.444. The van der Waals surface area contributed by atoms with Crippen LogP contribution in [0.4, 0.5) is 0 Å². The monoisotopic (exact) mass is 367 g/mol. The molecule has 4 nitrogen and oxygen atoms in total. The van der Waals surface area contributed by atoms with Crippen LogP contribution in [-0.4, -0.2) is 19.9 Å². The molecule has 4 rings (SSSR count). The first-order valence-electron chi connectivity index (χ1n) is 7.85. The first-order valence-corrected chi connectivity index (χ1v) is 8.60. The smallest absolute Gasteiger partial charge is 0.159 e. The molecule has 0 fully saturated rings. The lowest BCUT2D eigenvalue weighted by molar-refractivity contribution is 1.06. The predicted molar refractivity (Wildman–Crippen MR) is 101 cm³/mol. The van der Waals surface area contributed by atoms with Gasteiger partial charge in [-0.1, -0.05) is 60.5 Å². The number of aromatic amines is 1. The molecule has 0 aliphatic rings. The summed E-state index contributed by atoms with van der Waals surface area (Å²) in [4.78, 5) is 16.9. The third-order valence-corrected chi connectivity index (χ3v) is 4.65. The summed E-state index contributed by atoms with van der Waals surface area (Å²) in [7, 11) is 0. The van der Waals surface area contributed by atoms with E-state index in [4.69, 9.17) is 23.2 Å². The van der Waals surface area contributed by atoms with Crippen molar-refractivity contribution < 1.29 is 0 Å². The molecule has 0 unspecified atom stereocenters. The Morgan fingerprint density at radius 3 is 2.44 bits per heavy atom. The van der Waals surface area contributed by atoms with E-state index < -0.39 is 0 Å². The molecule has 0 atom stereocenters. The fourth-order valence-electron chi connectivity index (χ4n) is 2.69. The van der Waals surface area contributed by atoms with E-state index >= 15 is 0 Å². The van der Waals surface area contributed by atoms with E-state index in [1.165, 1.54) is 0 Å². The molecule has 0 aliphatic carbocycles. The van der Waals surface area contributed by atoms with Gasteiger partial charge in [-0.3, -0.25) is 0 Å². The first-order chi connectivity index (χ1) is 12.2. The largest absolute Gasteiger partial charge is 0.336 e. The van der Waals surface area contributed by atoms with E-state index in [9.17, 15) is 0 Å². The standard InChI is InChI=1S/C19H13Cl2N4/c1-2-14-18(11-6-4-3-5-7-11)25-19(24-14)17-10-22-15-8-12(20)13(21)9-16(15)23-17/h3-9H,2H2,1H3,(H,24,25). The Labute approximate surface area is 154 Å². The van der Waals surface area contributed by atoms with E-state index in [0.29, 0.717) is 32.6 Å². The van der Waals surface area contributed by atoms with Crippen LogP contribution in [0.1, 0.15) is 12.6 Å². The number of aryl methyl sites for hydroxylation is 1.